The van der Waals surface area contributed by atoms with Crippen LogP contribution in [0, 0.1) is 0 Å². The second-order valence-electron chi connectivity index (χ2n) is 27.6. The molecule has 2 unspecified atom stereocenters. The molecule has 0 heterocycles. The van der Waals surface area contributed by atoms with Gasteiger partial charge in [-0.05, 0) is 96.3 Å². The van der Waals surface area contributed by atoms with Crippen LogP contribution in [0.2, 0.25) is 0 Å². The third kappa shape index (κ3) is 75.5. The van der Waals surface area contributed by atoms with Gasteiger partial charge < -0.3 is 28.5 Å². The molecule has 538 valence electrons. The van der Waals surface area contributed by atoms with E-state index in [0.717, 1.165) is 83.5 Å². The van der Waals surface area contributed by atoms with Crippen molar-refractivity contribution in [3.8, 4) is 0 Å². The summed E-state index contributed by atoms with van der Waals surface area (Å²) in [6, 6.07) is 0. The minimum absolute atomic E-state index is 0.180. The smallest absolute Gasteiger partial charge is 0.361 e. The van der Waals surface area contributed by atoms with Gasteiger partial charge in [-0.1, -0.05) is 349 Å². The topological polar surface area (TPSA) is 108 Å². The summed E-state index contributed by atoms with van der Waals surface area (Å²) in [6.45, 7) is 4.81. The van der Waals surface area contributed by atoms with E-state index in [0.29, 0.717) is 17.4 Å². The quantitative estimate of drug-likeness (QED) is 0.0211. The van der Waals surface area contributed by atoms with Gasteiger partial charge in [0, 0.05) is 12.8 Å². The first-order valence-electron chi connectivity index (χ1n) is 39.4. The summed E-state index contributed by atoms with van der Waals surface area (Å²) in [5, 5.41) is 9.77. The first-order valence-corrected chi connectivity index (χ1v) is 39.4. The fraction of sp³-hybridized carbons (Fsp3) is 0.774. The molecular weight excluding hydrogens is 1150 g/mol. The van der Waals surface area contributed by atoms with Crippen LogP contribution in [0.3, 0.4) is 0 Å². The van der Waals surface area contributed by atoms with Crippen molar-refractivity contribution in [2.24, 2.45) is 0 Å². The highest BCUT2D eigenvalue weighted by atomic mass is 16.7. The van der Waals surface area contributed by atoms with Crippen LogP contribution in [0.5, 0.6) is 0 Å². The van der Waals surface area contributed by atoms with E-state index in [1.807, 2.05) is 21.1 Å². The predicted molar refractivity (Wildman–Crippen MR) is 401 cm³/mol. The van der Waals surface area contributed by atoms with Crippen molar-refractivity contribution in [2.45, 2.75) is 373 Å². The molecule has 0 aromatic rings. The van der Waals surface area contributed by atoms with E-state index in [2.05, 4.69) is 111 Å². The molecule has 0 bridgehead atoms. The molecule has 0 spiro atoms. The number of carbonyl (C=O) groups is 3. The Hall–Kier alpha value is -3.79. The highest BCUT2D eigenvalue weighted by Crippen LogP contribution is 2.19. The van der Waals surface area contributed by atoms with Gasteiger partial charge in [-0.15, -0.1) is 0 Å². The van der Waals surface area contributed by atoms with Crippen molar-refractivity contribution in [3.05, 3.63) is 97.2 Å². The number of carbonyl (C=O) groups excluding carboxylic acids is 2. The van der Waals surface area contributed by atoms with E-state index in [1.165, 1.54) is 250 Å². The lowest BCUT2D eigenvalue weighted by molar-refractivity contribution is -0.870. The van der Waals surface area contributed by atoms with Crippen LogP contribution >= 0.6 is 0 Å². The van der Waals surface area contributed by atoms with Gasteiger partial charge in [-0.3, -0.25) is 9.59 Å². The molecule has 0 aliphatic heterocycles. The molecule has 2 atom stereocenters. The van der Waals surface area contributed by atoms with Crippen molar-refractivity contribution >= 4 is 17.9 Å². The van der Waals surface area contributed by atoms with Crippen molar-refractivity contribution in [2.75, 3.05) is 47.5 Å². The molecule has 0 aromatic carbocycles. The lowest BCUT2D eigenvalue weighted by Gasteiger charge is -2.25. The third-order valence-corrected chi connectivity index (χ3v) is 17.3. The summed E-state index contributed by atoms with van der Waals surface area (Å²) in [4.78, 5) is 37.7. The molecule has 0 rings (SSSR count). The Kier molecular flexibility index (Phi) is 71.0. The monoisotopic (exact) mass is 1300 g/mol. The summed E-state index contributed by atoms with van der Waals surface area (Å²) in [5.41, 5.74) is 0. The lowest BCUT2D eigenvalue weighted by Crippen LogP contribution is -2.40. The van der Waals surface area contributed by atoms with Gasteiger partial charge in [0.1, 0.15) is 13.2 Å². The van der Waals surface area contributed by atoms with E-state index in [1.54, 1.807) is 0 Å². The molecule has 0 fully saturated rings. The first-order chi connectivity index (χ1) is 45.6. The number of likely N-dealkylation sites (N-methyl/N-ethyl adjacent to an activating group) is 1. The van der Waals surface area contributed by atoms with Crippen LogP contribution < -0.4 is 0 Å². The number of carboxylic acids is 1. The molecule has 0 radical (unpaired) electrons. The van der Waals surface area contributed by atoms with Crippen LogP contribution in [0.15, 0.2) is 97.2 Å². The zero-order valence-corrected chi connectivity index (χ0v) is 61.7. The molecule has 0 saturated carbocycles. The summed E-state index contributed by atoms with van der Waals surface area (Å²) < 4.78 is 23.1. The maximum atomic E-state index is 13.0. The largest absolute Gasteiger partial charge is 0.477 e. The minimum atomic E-state index is -1.51. The first kappa shape index (κ1) is 89.2. The van der Waals surface area contributed by atoms with Crippen molar-refractivity contribution < 1.29 is 42.9 Å². The number of rotatable bonds is 73. The van der Waals surface area contributed by atoms with Crippen LogP contribution in [-0.4, -0.2) is 87.4 Å². The Labute approximate surface area is 575 Å². The predicted octanol–water partition coefficient (Wildman–Crippen LogP) is 25.1. The SMILES string of the molecule is CC/C=C\C/C=C\C/C=C\C/C=C\C/C=C\C/C=C\C/C=C\CCCCCCCCCCCCCCCCCCCC(=O)OC(COC(=O)CCCCCCCCCCCCCCCCCCC/C=C\CCCCCCCCCC)COC(OCC[N+](C)(C)C)C(=O)O. The van der Waals surface area contributed by atoms with Crippen molar-refractivity contribution in [3.63, 3.8) is 0 Å². The number of quaternary nitrogens is 1. The minimum Gasteiger partial charge on any atom is -0.477 e. The van der Waals surface area contributed by atoms with Gasteiger partial charge in [-0.25, -0.2) is 4.79 Å². The standard InChI is InChI=1S/C84H149NO8/c1-6-8-10-12-14-16-18-20-22-24-26-28-30-32-34-36-37-38-39-40-41-42-43-44-45-47-49-51-53-55-57-59-61-63-65-67-69-71-73-75-82(87)93-80(79-92-84(83(88)89)90-77-76-85(3,4)5)78-91-81(86)74-72-70-68-66-64-62-60-58-56-54-52-50-48-46-35-33-31-29-27-25-23-21-19-17-15-13-11-9-7-2/h8,10,14,16,20,22,25-28,32,34,37-38,40-41,80,84H,6-7,9,11-13,15,17-19,21,23-24,29-31,33,35-36,39,42-79H2,1-5H3/p+1/b10-8-,16-14-,22-20-,27-25-,28-26-,34-32-,38-37-,41-40-. The average Bonchev–Trinajstić information content (AvgIpc) is 3.38. The summed E-state index contributed by atoms with van der Waals surface area (Å²) in [7, 11) is 5.99. The number of aliphatic carboxylic acids is 1. The van der Waals surface area contributed by atoms with Gasteiger partial charge in [0.2, 0.25) is 0 Å². The van der Waals surface area contributed by atoms with Gasteiger partial charge in [0.25, 0.3) is 6.29 Å². The molecule has 9 heteroatoms. The lowest BCUT2D eigenvalue weighted by atomic mass is 10.0. The molecular formula is C84H150NO8+. The van der Waals surface area contributed by atoms with E-state index in [4.69, 9.17) is 18.9 Å². The zero-order chi connectivity index (χ0) is 67.5. The summed E-state index contributed by atoms with van der Waals surface area (Å²) in [5.74, 6) is -1.98. The van der Waals surface area contributed by atoms with Crippen LogP contribution in [0.4, 0.5) is 0 Å². The molecule has 1 N–H and O–H groups in total. The Morgan fingerprint density at radius 2 is 0.613 bits per heavy atom. The van der Waals surface area contributed by atoms with Crippen molar-refractivity contribution in [1.29, 1.82) is 0 Å². The van der Waals surface area contributed by atoms with Crippen LogP contribution in [-0.2, 0) is 33.3 Å². The molecule has 93 heavy (non-hydrogen) atoms. The number of hydrogen-bond donors (Lipinski definition) is 1. The molecule has 0 aliphatic carbocycles. The van der Waals surface area contributed by atoms with E-state index in [9.17, 15) is 19.5 Å². The van der Waals surface area contributed by atoms with Crippen LogP contribution in [0.25, 0.3) is 0 Å². The van der Waals surface area contributed by atoms with Gasteiger partial charge in [0.05, 0.1) is 34.4 Å². The number of unbranched alkanes of at least 4 members (excludes halogenated alkanes) is 42. The second-order valence-corrected chi connectivity index (χ2v) is 27.6. The molecule has 0 aliphatic rings. The number of ether oxygens (including phenoxy) is 4. The van der Waals surface area contributed by atoms with Gasteiger partial charge in [-0.2, -0.15) is 0 Å². The maximum Gasteiger partial charge on any atom is 0.361 e. The Morgan fingerprint density at radius 1 is 0.333 bits per heavy atom. The highest BCUT2D eigenvalue weighted by Gasteiger charge is 2.25. The van der Waals surface area contributed by atoms with Gasteiger partial charge in [0.15, 0.2) is 6.10 Å². The number of esters is 2. The number of allylic oxidation sites excluding steroid dienone is 16. The van der Waals surface area contributed by atoms with E-state index >= 15 is 0 Å². The number of nitrogens with zero attached hydrogens (tertiary/aromatic N) is 1. The third-order valence-electron chi connectivity index (χ3n) is 17.3. The zero-order valence-electron chi connectivity index (χ0n) is 61.7. The van der Waals surface area contributed by atoms with Crippen molar-refractivity contribution in [1.82, 2.24) is 0 Å². The number of hydrogen-bond acceptors (Lipinski definition) is 7. The molecule has 9 nitrogen and oxygen atoms in total. The second kappa shape index (κ2) is 74.0. The van der Waals surface area contributed by atoms with E-state index < -0.39 is 18.4 Å². The average molecular weight is 1300 g/mol. The normalized spacial score (nSPS) is 13.2. The molecule has 0 amide bonds. The highest BCUT2D eigenvalue weighted by molar-refractivity contribution is 5.71. The van der Waals surface area contributed by atoms with Crippen LogP contribution in [0.1, 0.15) is 361 Å². The summed E-state index contributed by atoms with van der Waals surface area (Å²) in [6.07, 6.45) is 99.8. The Bertz CT molecular complexity index is 1850. The maximum absolute atomic E-state index is 13.0. The summed E-state index contributed by atoms with van der Waals surface area (Å²) >= 11 is 0. The molecule has 0 aromatic heterocycles. The Balaban J connectivity index is 4.02. The fourth-order valence-corrected chi connectivity index (χ4v) is 11.3. The molecule has 0 saturated heterocycles. The number of carboxylic acid groups (broad SMARTS) is 1. The van der Waals surface area contributed by atoms with E-state index in [-0.39, 0.29) is 38.2 Å². The fourth-order valence-electron chi connectivity index (χ4n) is 11.3. The van der Waals surface area contributed by atoms with Gasteiger partial charge >= 0.3 is 17.9 Å². The Morgan fingerprint density at radius 3 is 0.925 bits per heavy atom.